The molecule has 1 aromatic heterocycles. The first kappa shape index (κ1) is 6.72. The molecule has 2 nitrogen and oxygen atoms in total. The van der Waals surface area contributed by atoms with Crippen LogP contribution in [-0.2, 0) is 0 Å². The van der Waals surface area contributed by atoms with Crippen LogP contribution in [0.2, 0.25) is 0 Å². The quantitative estimate of drug-likeness (QED) is 0.647. The molecule has 1 saturated heterocycles. The van der Waals surface area contributed by atoms with Crippen LogP contribution in [0.25, 0.3) is 0 Å². The standard InChI is InChI=1S/C10H14N2/c1-2-8(11-5-1)9-6-10(3-4-10)7-12-9/h1-2,5,9,11-12H,3-4,6-7H2. The van der Waals surface area contributed by atoms with E-state index < -0.39 is 0 Å². The number of aromatic nitrogens is 1. The lowest BCUT2D eigenvalue weighted by molar-refractivity contribution is 0.548. The van der Waals surface area contributed by atoms with E-state index in [4.69, 9.17) is 0 Å². The minimum Gasteiger partial charge on any atom is -0.364 e. The Hall–Kier alpha value is -0.760. The first-order chi connectivity index (χ1) is 5.88. The number of hydrogen-bond acceptors (Lipinski definition) is 1. The van der Waals surface area contributed by atoms with Crippen LogP contribution in [0.5, 0.6) is 0 Å². The van der Waals surface area contributed by atoms with Gasteiger partial charge in [0.25, 0.3) is 0 Å². The van der Waals surface area contributed by atoms with Crippen LogP contribution in [0.1, 0.15) is 31.0 Å². The Bertz CT molecular complexity index is 272. The Morgan fingerprint density at radius 1 is 1.42 bits per heavy atom. The second kappa shape index (κ2) is 2.13. The number of hydrogen-bond donors (Lipinski definition) is 2. The molecular weight excluding hydrogens is 148 g/mol. The highest BCUT2D eigenvalue weighted by atomic mass is 15.0. The summed E-state index contributed by atoms with van der Waals surface area (Å²) in [7, 11) is 0. The molecule has 64 valence electrons. The SMILES string of the molecule is c1c[nH]c(C2CC3(CC3)CN2)c1. The number of aromatic amines is 1. The largest absolute Gasteiger partial charge is 0.364 e. The van der Waals surface area contributed by atoms with Gasteiger partial charge in [-0.15, -0.1) is 0 Å². The van der Waals surface area contributed by atoms with Gasteiger partial charge >= 0.3 is 0 Å². The van der Waals surface area contributed by atoms with E-state index in [1.807, 2.05) is 6.20 Å². The van der Waals surface area contributed by atoms with Gasteiger partial charge in [-0.25, -0.2) is 0 Å². The fourth-order valence-electron chi connectivity index (χ4n) is 2.26. The molecule has 2 heteroatoms. The Morgan fingerprint density at radius 2 is 2.33 bits per heavy atom. The van der Waals surface area contributed by atoms with Crippen molar-refractivity contribution in [3.8, 4) is 0 Å². The van der Waals surface area contributed by atoms with E-state index in [0.29, 0.717) is 11.5 Å². The molecule has 12 heavy (non-hydrogen) atoms. The van der Waals surface area contributed by atoms with Gasteiger partial charge in [-0.1, -0.05) is 0 Å². The first-order valence-electron chi connectivity index (χ1n) is 4.75. The maximum atomic E-state index is 3.58. The summed E-state index contributed by atoms with van der Waals surface area (Å²) in [5, 5.41) is 3.58. The Morgan fingerprint density at radius 3 is 2.92 bits per heavy atom. The normalized spacial score (nSPS) is 31.2. The molecule has 0 amide bonds. The number of nitrogens with one attached hydrogen (secondary N) is 2. The molecule has 0 radical (unpaired) electrons. The monoisotopic (exact) mass is 162 g/mol. The van der Waals surface area contributed by atoms with Crippen LogP contribution < -0.4 is 5.32 Å². The van der Waals surface area contributed by atoms with Crippen molar-refractivity contribution in [1.82, 2.24) is 10.3 Å². The molecule has 2 fully saturated rings. The summed E-state index contributed by atoms with van der Waals surface area (Å²) in [5.74, 6) is 0. The fraction of sp³-hybridized carbons (Fsp3) is 0.600. The van der Waals surface area contributed by atoms with Crippen molar-refractivity contribution in [2.45, 2.75) is 25.3 Å². The minimum absolute atomic E-state index is 0.600. The van der Waals surface area contributed by atoms with Crippen LogP contribution >= 0.6 is 0 Å². The smallest absolute Gasteiger partial charge is 0.0478 e. The third-order valence-electron chi connectivity index (χ3n) is 3.32. The molecule has 2 heterocycles. The molecule has 1 aromatic rings. The van der Waals surface area contributed by atoms with Crippen molar-refractivity contribution in [2.75, 3.05) is 6.54 Å². The predicted octanol–water partition coefficient (Wildman–Crippen LogP) is 1.83. The molecule has 1 saturated carbocycles. The number of rotatable bonds is 1. The fourth-order valence-corrected chi connectivity index (χ4v) is 2.26. The van der Waals surface area contributed by atoms with Crippen molar-refractivity contribution in [1.29, 1.82) is 0 Å². The summed E-state index contributed by atoms with van der Waals surface area (Å²) in [6.07, 6.45) is 6.23. The lowest BCUT2D eigenvalue weighted by Crippen LogP contribution is -2.13. The first-order valence-corrected chi connectivity index (χ1v) is 4.75. The zero-order chi connectivity index (χ0) is 8.02. The van der Waals surface area contributed by atoms with Gasteiger partial charge < -0.3 is 10.3 Å². The van der Waals surface area contributed by atoms with Crippen molar-refractivity contribution in [2.24, 2.45) is 5.41 Å². The average Bonchev–Trinajstić information content (AvgIpc) is 2.54. The van der Waals surface area contributed by atoms with E-state index >= 15 is 0 Å². The Labute approximate surface area is 72.4 Å². The average molecular weight is 162 g/mol. The highest BCUT2D eigenvalue weighted by Gasteiger charge is 2.48. The molecule has 0 aromatic carbocycles. The third-order valence-corrected chi connectivity index (χ3v) is 3.32. The molecule has 2 N–H and O–H groups in total. The lowest BCUT2D eigenvalue weighted by atomic mass is 10.0. The van der Waals surface area contributed by atoms with E-state index in [1.165, 1.54) is 31.5 Å². The van der Waals surface area contributed by atoms with Gasteiger partial charge in [0.15, 0.2) is 0 Å². The van der Waals surface area contributed by atoms with Gasteiger partial charge in [-0.2, -0.15) is 0 Å². The lowest BCUT2D eigenvalue weighted by Gasteiger charge is -2.07. The summed E-state index contributed by atoms with van der Waals surface area (Å²) >= 11 is 0. The molecule has 1 spiro atoms. The molecule has 3 rings (SSSR count). The summed E-state index contributed by atoms with van der Waals surface area (Å²) in [4.78, 5) is 3.28. The van der Waals surface area contributed by atoms with Crippen LogP contribution in [-0.4, -0.2) is 11.5 Å². The van der Waals surface area contributed by atoms with Crippen LogP contribution in [0.4, 0.5) is 0 Å². The molecule has 1 unspecified atom stereocenters. The van der Waals surface area contributed by atoms with Crippen LogP contribution in [0, 0.1) is 5.41 Å². The molecule has 1 aliphatic heterocycles. The zero-order valence-corrected chi connectivity index (χ0v) is 7.14. The molecular formula is C10H14N2. The van der Waals surface area contributed by atoms with Crippen molar-refractivity contribution in [3.63, 3.8) is 0 Å². The van der Waals surface area contributed by atoms with E-state index in [-0.39, 0.29) is 0 Å². The molecule has 1 atom stereocenters. The highest BCUT2D eigenvalue weighted by Crippen LogP contribution is 2.54. The van der Waals surface area contributed by atoms with Gasteiger partial charge in [0.2, 0.25) is 0 Å². The zero-order valence-electron chi connectivity index (χ0n) is 7.14. The topological polar surface area (TPSA) is 27.8 Å². The Balaban J connectivity index is 1.80. The van der Waals surface area contributed by atoms with Crippen molar-refractivity contribution >= 4 is 0 Å². The van der Waals surface area contributed by atoms with E-state index in [2.05, 4.69) is 22.4 Å². The maximum Gasteiger partial charge on any atom is 0.0478 e. The summed E-state index contributed by atoms with van der Waals surface area (Å²) in [5.41, 5.74) is 2.06. The van der Waals surface area contributed by atoms with Crippen LogP contribution in [0.3, 0.4) is 0 Å². The van der Waals surface area contributed by atoms with Gasteiger partial charge in [0.1, 0.15) is 0 Å². The summed E-state index contributed by atoms with van der Waals surface area (Å²) in [6.45, 7) is 1.23. The second-order valence-corrected chi connectivity index (χ2v) is 4.26. The van der Waals surface area contributed by atoms with Crippen LogP contribution in [0.15, 0.2) is 18.3 Å². The molecule has 2 aliphatic rings. The summed E-state index contributed by atoms with van der Waals surface area (Å²) in [6, 6.07) is 4.86. The molecule has 0 bridgehead atoms. The predicted molar refractivity (Wildman–Crippen MR) is 47.8 cm³/mol. The summed E-state index contributed by atoms with van der Waals surface area (Å²) < 4.78 is 0. The van der Waals surface area contributed by atoms with Gasteiger partial charge in [0, 0.05) is 24.5 Å². The van der Waals surface area contributed by atoms with E-state index in [0.717, 1.165) is 0 Å². The Kier molecular flexibility index (Phi) is 1.20. The van der Waals surface area contributed by atoms with E-state index in [1.54, 1.807) is 0 Å². The third kappa shape index (κ3) is 0.911. The van der Waals surface area contributed by atoms with Gasteiger partial charge in [-0.05, 0) is 36.8 Å². The minimum atomic E-state index is 0.600. The van der Waals surface area contributed by atoms with Gasteiger partial charge in [-0.3, -0.25) is 0 Å². The highest BCUT2D eigenvalue weighted by molar-refractivity contribution is 5.15. The number of H-pyrrole nitrogens is 1. The maximum absolute atomic E-state index is 3.58. The molecule has 1 aliphatic carbocycles. The van der Waals surface area contributed by atoms with Crippen molar-refractivity contribution < 1.29 is 0 Å². The van der Waals surface area contributed by atoms with E-state index in [9.17, 15) is 0 Å². The van der Waals surface area contributed by atoms with Crippen molar-refractivity contribution in [3.05, 3.63) is 24.0 Å². The van der Waals surface area contributed by atoms with Gasteiger partial charge in [0.05, 0.1) is 0 Å². The second-order valence-electron chi connectivity index (χ2n) is 4.26.